The number of hydrogen-bond donors (Lipinski definition) is 1. The van der Waals surface area contributed by atoms with Crippen molar-refractivity contribution in [3.05, 3.63) is 56.4 Å². The smallest absolute Gasteiger partial charge is 0.281 e. The Labute approximate surface area is 121 Å². The number of hydrogen-bond acceptors (Lipinski definition) is 1. The molecule has 19 heavy (non-hydrogen) atoms. The Hall–Kier alpha value is -1.29. The molecule has 1 aromatic heterocycles. The van der Waals surface area contributed by atoms with Gasteiger partial charge in [-0.2, -0.15) is 0 Å². The van der Waals surface area contributed by atoms with Gasteiger partial charge in [-0.15, -0.1) is 0 Å². The molecule has 0 saturated carbocycles. The molecule has 102 valence electrons. The normalized spacial score (nSPS) is 11.2. The van der Waals surface area contributed by atoms with Crippen LogP contribution in [0.2, 0.25) is 0 Å². The van der Waals surface area contributed by atoms with E-state index in [1.807, 2.05) is 18.2 Å². The summed E-state index contributed by atoms with van der Waals surface area (Å²) in [4.78, 5) is 12.0. The highest BCUT2D eigenvalue weighted by Crippen LogP contribution is 2.19. The van der Waals surface area contributed by atoms with Crippen LogP contribution in [0.3, 0.4) is 0 Å². The van der Waals surface area contributed by atoms with Crippen LogP contribution < -0.4 is 5.56 Å². The minimum absolute atomic E-state index is 0.0387. The number of halogens is 1. The molecule has 0 aliphatic carbocycles. The van der Waals surface area contributed by atoms with Crippen LogP contribution in [0.25, 0.3) is 0 Å². The van der Waals surface area contributed by atoms with Crippen LogP contribution in [0.1, 0.15) is 37.4 Å². The maximum absolute atomic E-state index is 12.0. The first-order valence-corrected chi connectivity index (χ1v) is 7.41. The highest BCUT2D eigenvalue weighted by molar-refractivity contribution is 9.10. The largest absolute Gasteiger partial charge is 0.298 e. The summed E-state index contributed by atoms with van der Waals surface area (Å²) in [6.45, 7) is 4.87. The van der Waals surface area contributed by atoms with Crippen molar-refractivity contribution >= 4 is 15.9 Å². The van der Waals surface area contributed by atoms with Gasteiger partial charge in [0.1, 0.15) is 4.47 Å². The molecule has 0 aliphatic heterocycles. The Morgan fingerprint density at radius 3 is 2.53 bits per heavy atom. The molecule has 0 fully saturated rings. The fourth-order valence-electron chi connectivity index (χ4n) is 2.10. The van der Waals surface area contributed by atoms with Gasteiger partial charge >= 0.3 is 0 Å². The van der Waals surface area contributed by atoms with Crippen molar-refractivity contribution in [2.45, 2.75) is 39.2 Å². The van der Waals surface area contributed by atoms with E-state index >= 15 is 0 Å². The molecule has 0 amide bonds. The van der Waals surface area contributed by atoms with Gasteiger partial charge in [0, 0.05) is 6.54 Å². The van der Waals surface area contributed by atoms with Crippen LogP contribution in [0.15, 0.2) is 39.6 Å². The molecule has 1 heterocycles. The van der Waals surface area contributed by atoms with Gasteiger partial charge in [0.25, 0.3) is 5.56 Å². The van der Waals surface area contributed by atoms with Crippen molar-refractivity contribution in [3.8, 4) is 0 Å². The average Bonchev–Trinajstić information content (AvgIpc) is 2.68. The van der Waals surface area contributed by atoms with Gasteiger partial charge in [0.05, 0.1) is 5.69 Å². The molecule has 3 nitrogen and oxygen atoms in total. The summed E-state index contributed by atoms with van der Waals surface area (Å²) < 4.78 is 2.37. The molecule has 0 radical (unpaired) electrons. The minimum Gasteiger partial charge on any atom is -0.298 e. The first-order valence-electron chi connectivity index (χ1n) is 6.61. The Balaban J connectivity index is 2.01. The highest BCUT2D eigenvalue weighted by Gasteiger charge is 2.13. The molecule has 0 atom stereocenters. The van der Waals surface area contributed by atoms with Crippen LogP contribution in [-0.2, 0) is 13.0 Å². The molecule has 1 N–H and O–H groups in total. The fraction of sp³-hybridized carbons (Fsp3) is 0.400. The molecular weight excluding hydrogens is 304 g/mol. The second kappa shape index (κ2) is 6.24. The summed E-state index contributed by atoms with van der Waals surface area (Å²) in [5, 5.41) is 3.19. The third-order valence-electron chi connectivity index (χ3n) is 3.19. The van der Waals surface area contributed by atoms with E-state index in [1.54, 1.807) is 4.68 Å². The van der Waals surface area contributed by atoms with Crippen LogP contribution in [-0.4, -0.2) is 9.78 Å². The first-order chi connectivity index (χ1) is 9.09. The van der Waals surface area contributed by atoms with Gasteiger partial charge in [0.2, 0.25) is 0 Å². The number of rotatable bonds is 5. The third kappa shape index (κ3) is 3.38. The monoisotopic (exact) mass is 322 g/mol. The Kier molecular flexibility index (Phi) is 4.64. The van der Waals surface area contributed by atoms with Crippen molar-refractivity contribution in [2.75, 3.05) is 0 Å². The summed E-state index contributed by atoms with van der Waals surface area (Å²) in [6, 6.07) is 10.3. The molecule has 0 bridgehead atoms. The Morgan fingerprint density at radius 1 is 1.26 bits per heavy atom. The van der Waals surface area contributed by atoms with Gasteiger partial charge < -0.3 is 0 Å². The quantitative estimate of drug-likeness (QED) is 0.895. The van der Waals surface area contributed by atoms with Crippen LogP contribution in [0, 0.1) is 0 Å². The molecule has 0 spiro atoms. The fourth-order valence-corrected chi connectivity index (χ4v) is 2.87. The van der Waals surface area contributed by atoms with Gasteiger partial charge in [-0.3, -0.25) is 14.6 Å². The zero-order valence-corrected chi connectivity index (χ0v) is 12.9. The maximum Gasteiger partial charge on any atom is 0.281 e. The lowest BCUT2D eigenvalue weighted by Gasteiger charge is -2.04. The topological polar surface area (TPSA) is 37.8 Å². The van der Waals surface area contributed by atoms with E-state index in [4.69, 9.17) is 0 Å². The summed E-state index contributed by atoms with van der Waals surface area (Å²) in [5.41, 5.74) is 2.33. The second-order valence-corrected chi connectivity index (χ2v) is 5.83. The standard InChI is InChI=1S/C15H19BrN2O/c1-11(2)14-13(16)15(19)18(17-14)10-6-9-12-7-4-3-5-8-12/h3-5,7-8,11,17H,6,9-10H2,1-2H3. The Morgan fingerprint density at radius 2 is 1.95 bits per heavy atom. The summed E-state index contributed by atoms with van der Waals surface area (Å²) in [7, 11) is 0. The van der Waals surface area contributed by atoms with Crippen molar-refractivity contribution in [2.24, 2.45) is 0 Å². The lowest BCUT2D eigenvalue weighted by Crippen LogP contribution is -2.17. The molecule has 0 unspecified atom stereocenters. The van der Waals surface area contributed by atoms with Gasteiger partial charge in [-0.25, -0.2) is 0 Å². The summed E-state index contributed by atoms with van der Waals surface area (Å²) in [6.07, 6.45) is 1.94. The molecule has 2 rings (SSSR count). The number of aryl methyl sites for hydroxylation is 2. The average molecular weight is 323 g/mol. The minimum atomic E-state index is 0.0387. The number of aromatic nitrogens is 2. The molecule has 0 saturated heterocycles. The molecule has 2 aromatic rings. The van der Waals surface area contributed by atoms with Crippen LogP contribution in [0.4, 0.5) is 0 Å². The zero-order chi connectivity index (χ0) is 13.8. The number of aromatic amines is 1. The van der Waals surface area contributed by atoms with Gasteiger partial charge in [-0.05, 0) is 40.3 Å². The number of benzene rings is 1. The predicted octanol–water partition coefficient (Wildman–Crippen LogP) is 3.70. The summed E-state index contributed by atoms with van der Waals surface area (Å²) >= 11 is 3.37. The van der Waals surface area contributed by atoms with E-state index in [0.29, 0.717) is 10.4 Å². The maximum atomic E-state index is 12.0. The number of nitrogens with one attached hydrogen (secondary N) is 1. The molecule has 0 aliphatic rings. The first kappa shape index (κ1) is 14.1. The second-order valence-electron chi connectivity index (χ2n) is 5.04. The van der Waals surface area contributed by atoms with E-state index < -0.39 is 0 Å². The number of H-pyrrole nitrogens is 1. The molecular formula is C15H19BrN2O. The Bertz CT molecular complexity index is 584. The third-order valence-corrected chi connectivity index (χ3v) is 3.96. The molecule has 1 aromatic carbocycles. The van der Waals surface area contributed by atoms with E-state index in [9.17, 15) is 4.79 Å². The van der Waals surface area contributed by atoms with Crippen molar-refractivity contribution in [1.82, 2.24) is 9.78 Å². The van der Waals surface area contributed by atoms with Crippen LogP contribution in [0.5, 0.6) is 0 Å². The van der Waals surface area contributed by atoms with Crippen LogP contribution >= 0.6 is 15.9 Å². The van der Waals surface area contributed by atoms with Crippen molar-refractivity contribution in [3.63, 3.8) is 0 Å². The molecule has 4 heteroatoms. The lowest BCUT2D eigenvalue weighted by molar-refractivity contribution is 0.553. The zero-order valence-electron chi connectivity index (χ0n) is 11.3. The van der Waals surface area contributed by atoms with Gasteiger partial charge in [-0.1, -0.05) is 44.2 Å². The van der Waals surface area contributed by atoms with E-state index in [-0.39, 0.29) is 5.56 Å². The lowest BCUT2D eigenvalue weighted by atomic mass is 10.1. The SMILES string of the molecule is CC(C)c1[nH]n(CCCc2ccccc2)c(=O)c1Br. The van der Waals surface area contributed by atoms with E-state index in [0.717, 1.165) is 25.1 Å². The van der Waals surface area contributed by atoms with E-state index in [2.05, 4.69) is 47.0 Å². The van der Waals surface area contributed by atoms with E-state index in [1.165, 1.54) is 5.56 Å². The highest BCUT2D eigenvalue weighted by atomic mass is 79.9. The van der Waals surface area contributed by atoms with Crippen molar-refractivity contribution in [1.29, 1.82) is 0 Å². The number of nitrogens with zero attached hydrogens (tertiary/aromatic N) is 1. The summed E-state index contributed by atoms with van der Waals surface area (Å²) in [5.74, 6) is 0.317. The predicted molar refractivity (Wildman–Crippen MR) is 81.6 cm³/mol. The van der Waals surface area contributed by atoms with Crippen molar-refractivity contribution < 1.29 is 0 Å². The van der Waals surface area contributed by atoms with Gasteiger partial charge in [0.15, 0.2) is 0 Å².